The van der Waals surface area contributed by atoms with Crippen molar-refractivity contribution in [3.8, 4) is 17.1 Å². The van der Waals surface area contributed by atoms with Gasteiger partial charge in [-0.3, -0.25) is 9.59 Å². The predicted octanol–water partition coefficient (Wildman–Crippen LogP) is 3.36. The second-order valence-electron chi connectivity index (χ2n) is 7.67. The van der Waals surface area contributed by atoms with Crippen molar-refractivity contribution in [2.75, 3.05) is 43.5 Å². The first-order valence-corrected chi connectivity index (χ1v) is 10.3. The summed E-state index contributed by atoms with van der Waals surface area (Å²) in [5.74, 6) is -3.76. The number of benzene rings is 2. The molecule has 1 saturated heterocycles. The number of piperazine rings is 1. The SMILES string of the molecule is COc1cc(N2CCN(CC(=O)Nc3cc(F)c(F)c(F)c3)C(=O)C2)ccc1-c1cnc(C)o1. The van der Waals surface area contributed by atoms with Crippen LogP contribution in [0, 0.1) is 24.4 Å². The molecule has 2 heterocycles. The molecule has 0 radical (unpaired) electrons. The minimum atomic E-state index is -1.62. The van der Waals surface area contributed by atoms with Gasteiger partial charge in [-0.2, -0.15) is 0 Å². The van der Waals surface area contributed by atoms with Gasteiger partial charge in [0.15, 0.2) is 29.1 Å². The molecule has 2 aromatic carbocycles. The molecule has 2 amide bonds. The van der Waals surface area contributed by atoms with Crippen molar-refractivity contribution in [2.45, 2.75) is 6.92 Å². The number of aryl methyl sites for hydroxylation is 1. The second-order valence-corrected chi connectivity index (χ2v) is 7.67. The van der Waals surface area contributed by atoms with Crippen molar-refractivity contribution >= 4 is 23.2 Å². The average molecular weight is 474 g/mol. The zero-order chi connectivity index (χ0) is 24.4. The molecule has 1 fully saturated rings. The van der Waals surface area contributed by atoms with E-state index in [9.17, 15) is 22.8 Å². The number of amides is 2. The summed E-state index contributed by atoms with van der Waals surface area (Å²) < 4.78 is 50.8. The smallest absolute Gasteiger partial charge is 0.244 e. The molecule has 0 saturated carbocycles. The molecule has 0 bridgehead atoms. The van der Waals surface area contributed by atoms with E-state index in [0.29, 0.717) is 36.1 Å². The number of ether oxygens (including phenoxy) is 1. The lowest BCUT2D eigenvalue weighted by Gasteiger charge is -2.35. The molecular weight excluding hydrogens is 453 g/mol. The Kier molecular flexibility index (Phi) is 6.44. The number of carbonyl (C=O) groups is 2. The molecule has 0 spiro atoms. The number of nitrogens with one attached hydrogen (secondary N) is 1. The number of halogens is 3. The Morgan fingerprint density at radius 2 is 1.91 bits per heavy atom. The lowest BCUT2D eigenvalue weighted by atomic mass is 10.1. The fourth-order valence-electron chi connectivity index (χ4n) is 3.66. The van der Waals surface area contributed by atoms with E-state index in [1.165, 1.54) is 12.0 Å². The maximum absolute atomic E-state index is 13.3. The molecule has 0 aliphatic carbocycles. The topological polar surface area (TPSA) is 87.9 Å². The number of methoxy groups -OCH3 is 1. The molecule has 1 aromatic heterocycles. The Morgan fingerprint density at radius 1 is 1.18 bits per heavy atom. The summed E-state index contributed by atoms with van der Waals surface area (Å²) >= 11 is 0. The third-order valence-corrected chi connectivity index (χ3v) is 5.36. The monoisotopic (exact) mass is 474 g/mol. The highest BCUT2D eigenvalue weighted by atomic mass is 19.2. The fraction of sp³-hybridized carbons (Fsp3) is 0.261. The number of hydrogen-bond acceptors (Lipinski definition) is 6. The summed E-state index contributed by atoms with van der Waals surface area (Å²) in [7, 11) is 1.53. The predicted molar refractivity (Wildman–Crippen MR) is 117 cm³/mol. The molecule has 34 heavy (non-hydrogen) atoms. The van der Waals surface area contributed by atoms with E-state index < -0.39 is 23.4 Å². The molecule has 178 valence electrons. The van der Waals surface area contributed by atoms with Gasteiger partial charge in [0.2, 0.25) is 11.8 Å². The van der Waals surface area contributed by atoms with Crippen LogP contribution in [0.1, 0.15) is 5.89 Å². The molecule has 0 atom stereocenters. The number of hydrogen-bond donors (Lipinski definition) is 1. The Morgan fingerprint density at radius 3 is 2.53 bits per heavy atom. The number of oxazole rings is 1. The molecule has 1 aliphatic rings. The highest BCUT2D eigenvalue weighted by Gasteiger charge is 2.27. The van der Waals surface area contributed by atoms with Gasteiger partial charge < -0.3 is 24.3 Å². The number of aromatic nitrogens is 1. The van der Waals surface area contributed by atoms with Crippen molar-refractivity contribution in [2.24, 2.45) is 0 Å². The molecule has 4 rings (SSSR count). The van der Waals surface area contributed by atoms with Crippen LogP contribution < -0.4 is 15.0 Å². The summed E-state index contributed by atoms with van der Waals surface area (Å²) in [4.78, 5) is 32.2. The molecule has 1 N–H and O–H groups in total. The summed E-state index contributed by atoms with van der Waals surface area (Å²) in [6, 6.07) is 6.79. The molecular formula is C23H21F3N4O4. The highest BCUT2D eigenvalue weighted by molar-refractivity contribution is 5.95. The maximum atomic E-state index is 13.3. The Balaban J connectivity index is 1.39. The van der Waals surface area contributed by atoms with E-state index in [0.717, 1.165) is 11.3 Å². The molecule has 8 nitrogen and oxygen atoms in total. The Bertz CT molecular complexity index is 1220. The van der Waals surface area contributed by atoms with Crippen molar-refractivity contribution in [1.82, 2.24) is 9.88 Å². The zero-order valence-electron chi connectivity index (χ0n) is 18.4. The van der Waals surface area contributed by atoms with Gasteiger partial charge in [-0.1, -0.05) is 0 Å². The first-order valence-electron chi connectivity index (χ1n) is 10.3. The van der Waals surface area contributed by atoms with Crippen LogP contribution in [-0.2, 0) is 9.59 Å². The van der Waals surface area contributed by atoms with Crippen molar-refractivity contribution in [3.05, 3.63) is 59.9 Å². The Labute approximate surface area is 192 Å². The lowest BCUT2D eigenvalue weighted by molar-refractivity contribution is -0.134. The van der Waals surface area contributed by atoms with Gasteiger partial charge >= 0.3 is 0 Å². The first kappa shape index (κ1) is 23.1. The van der Waals surface area contributed by atoms with Crippen LogP contribution in [0.3, 0.4) is 0 Å². The van der Waals surface area contributed by atoms with E-state index in [2.05, 4.69) is 10.3 Å². The van der Waals surface area contributed by atoms with Gasteiger partial charge in [-0.15, -0.1) is 0 Å². The summed E-state index contributed by atoms with van der Waals surface area (Å²) in [6.45, 7) is 2.16. The quantitative estimate of drug-likeness (QED) is 0.552. The van der Waals surface area contributed by atoms with Gasteiger partial charge in [0.1, 0.15) is 5.75 Å². The Hall–Kier alpha value is -4.02. The summed E-state index contributed by atoms with van der Waals surface area (Å²) in [5.41, 5.74) is 1.25. The third-order valence-electron chi connectivity index (χ3n) is 5.36. The normalized spacial score (nSPS) is 13.9. The van der Waals surface area contributed by atoms with E-state index >= 15 is 0 Å². The molecule has 1 aliphatic heterocycles. The van der Waals surface area contributed by atoms with Crippen LogP contribution in [0.25, 0.3) is 11.3 Å². The standard InChI is InChI=1S/C23H21F3N4O4/c1-13-27-10-20(34-13)16-4-3-15(9-19(16)33-2)29-5-6-30(22(32)12-29)11-21(31)28-14-7-17(24)23(26)18(25)8-14/h3-4,7-10H,5-6,11-12H2,1-2H3,(H,28,31). The van der Waals surface area contributed by atoms with Gasteiger partial charge in [0, 0.05) is 49.6 Å². The van der Waals surface area contributed by atoms with E-state index in [4.69, 9.17) is 9.15 Å². The fourth-order valence-corrected chi connectivity index (χ4v) is 3.66. The van der Waals surface area contributed by atoms with E-state index in [1.807, 2.05) is 17.0 Å². The minimum absolute atomic E-state index is 0.0248. The van der Waals surface area contributed by atoms with Crippen LogP contribution in [0.4, 0.5) is 24.5 Å². The zero-order valence-corrected chi connectivity index (χ0v) is 18.4. The minimum Gasteiger partial charge on any atom is -0.496 e. The van der Waals surface area contributed by atoms with Crippen LogP contribution in [-0.4, -0.2) is 55.0 Å². The first-order chi connectivity index (χ1) is 16.2. The molecule has 11 heteroatoms. The van der Waals surface area contributed by atoms with E-state index in [1.54, 1.807) is 19.2 Å². The maximum Gasteiger partial charge on any atom is 0.244 e. The van der Waals surface area contributed by atoms with Crippen molar-refractivity contribution in [1.29, 1.82) is 0 Å². The highest BCUT2D eigenvalue weighted by Crippen LogP contribution is 2.34. The number of rotatable bonds is 6. The van der Waals surface area contributed by atoms with Gasteiger partial charge in [-0.25, -0.2) is 18.2 Å². The van der Waals surface area contributed by atoms with Gasteiger partial charge in [0.05, 0.1) is 32.0 Å². The number of anilines is 2. The average Bonchev–Trinajstić information content (AvgIpc) is 3.24. The van der Waals surface area contributed by atoms with Gasteiger partial charge in [0.25, 0.3) is 0 Å². The third kappa shape index (κ3) is 4.82. The van der Waals surface area contributed by atoms with Crippen molar-refractivity contribution < 1.29 is 31.9 Å². The lowest BCUT2D eigenvalue weighted by Crippen LogP contribution is -2.52. The number of nitrogens with zero attached hydrogens (tertiary/aromatic N) is 3. The number of carbonyl (C=O) groups excluding carboxylic acids is 2. The molecule has 0 unspecified atom stereocenters. The van der Waals surface area contributed by atoms with Gasteiger partial charge in [-0.05, 0) is 12.1 Å². The van der Waals surface area contributed by atoms with Crippen LogP contribution in [0.15, 0.2) is 40.9 Å². The summed E-state index contributed by atoms with van der Waals surface area (Å²) in [5, 5.41) is 2.28. The largest absolute Gasteiger partial charge is 0.496 e. The van der Waals surface area contributed by atoms with Crippen molar-refractivity contribution in [3.63, 3.8) is 0 Å². The second kappa shape index (κ2) is 9.46. The van der Waals surface area contributed by atoms with E-state index in [-0.39, 0.29) is 31.2 Å². The van der Waals surface area contributed by atoms with Crippen LogP contribution in [0.5, 0.6) is 5.75 Å². The summed E-state index contributed by atoms with van der Waals surface area (Å²) in [6.07, 6.45) is 1.61. The molecule has 3 aromatic rings. The van der Waals surface area contributed by atoms with Crippen LogP contribution in [0.2, 0.25) is 0 Å². The van der Waals surface area contributed by atoms with Crippen LogP contribution >= 0.6 is 0 Å².